The molecule has 0 aliphatic heterocycles. The molecule has 33 heavy (non-hydrogen) atoms. The number of hydrogen-bond acceptors (Lipinski definition) is 7. The lowest BCUT2D eigenvalue weighted by Crippen LogP contribution is -2.52. The summed E-state index contributed by atoms with van der Waals surface area (Å²) in [7, 11) is 2.66. The maximum absolute atomic E-state index is 12.7. The molecule has 0 saturated carbocycles. The second kappa shape index (κ2) is 12.4. The lowest BCUT2D eigenvalue weighted by molar-refractivity contribution is -0.135. The molecule has 9 heteroatoms. The quantitative estimate of drug-likeness (QED) is 0.298. The van der Waals surface area contributed by atoms with Gasteiger partial charge in [-0.25, -0.2) is 0 Å². The van der Waals surface area contributed by atoms with Gasteiger partial charge in [0.1, 0.15) is 25.1 Å². The van der Waals surface area contributed by atoms with E-state index in [4.69, 9.17) is 14.9 Å². The van der Waals surface area contributed by atoms with Crippen LogP contribution in [-0.2, 0) is 9.59 Å². The average molecular weight is 454 g/mol. The first-order chi connectivity index (χ1) is 15.8. The van der Waals surface area contributed by atoms with E-state index in [9.17, 15) is 19.5 Å². The molecule has 2 atom stereocenters. The second-order valence-corrected chi connectivity index (χ2v) is 7.06. The Morgan fingerprint density at radius 1 is 1.00 bits per heavy atom. The summed E-state index contributed by atoms with van der Waals surface area (Å²) in [5.74, 6) is 4.47. The van der Waals surface area contributed by atoms with Crippen molar-refractivity contribution in [2.75, 3.05) is 33.9 Å². The van der Waals surface area contributed by atoms with Gasteiger partial charge in [0.05, 0.1) is 6.61 Å². The smallest absolute Gasteiger partial charge is 0.254 e. The van der Waals surface area contributed by atoms with Crippen molar-refractivity contribution >= 4 is 17.6 Å². The number of carbonyl (C=O) groups is 3. The van der Waals surface area contributed by atoms with Crippen LogP contribution in [0.15, 0.2) is 48.5 Å². The van der Waals surface area contributed by atoms with Gasteiger partial charge in [-0.1, -0.05) is 11.8 Å². The SMILES string of the molecule is CNC(=O)C(C(=O)CO)N(C)C(=O)c1ccc(C#Cc2ccc(OCC(O)CO)cc2)cc1. The average Bonchev–Trinajstić information content (AvgIpc) is 2.86. The third kappa shape index (κ3) is 7.15. The van der Waals surface area contributed by atoms with Crippen LogP contribution in [-0.4, -0.2) is 83.9 Å². The van der Waals surface area contributed by atoms with Crippen molar-refractivity contribution in [1.29, 1.82) is 0 Å². The van der Waals surface area contributed by atoms with E-state index in [1.165, 1.54) is 26.2 Å². The third-order valence-corrected chi connectivity index (χ3v) is 4.65. The van der Waals surface area contributed by atoms with E-state index in [1.54, 1.807) is 36.4 Å². The van der Waals surface area contributed by atoms with Crippen molar-refractivity contribution < 1.29 is 34.4 Å². The maximum atomic E-state index is 12.7. The molecule has 174 valence electrons. The fourth-order valence-electron chi connectivity index (χ4n) is 2.80. The monoisotopic (exact) mass is 454 g/mol. The number of hydrogen-bond donors (Lipinski definition) is 4. The van der Waals surface area contributed by atoms with Crippen molar-refractivity contribution in [3.8, 4) is 17.6 Å². The number of nitrogens with zero attached hydrogens (tertiary/aromatic N) is 1. The summed E-state index contributed by atoms with van der Waals surface area (Å²) in [5, 5.41) is 29.5. The minimum absolute atomic E-state index is 0.0141. The Bertz CT molecular complexity index is 1010. The highest BCUT2D eigenvalue weighted by Gasteiger charge is 2.32. The molecule has 0 fully saturated rings. The van der Waals surface area contributed by atoms with Crippen LogP contribution in [0.2, 0.25) is 0 Å². The van der Waals surface area contributed by atoms with E-state index < -0.39 is 36.4 Å². The first kappa shape index (κ1) is 25.5. The predicted molar refractivity (Wildman–Crippen MR) is 119 cm³/mol. The van der Waals surface area contributed by atoms with Crippen LogP contribution >= 0.6 is 0 Å². The minimum Gasteiger partial charge on any atom is -0.491 e. The topological polar surface area (TPSA) is 136 Å². The fourth-order valence-corrected chi connectivity index (χ4v) is 2.80. The molecule has 0 saturated heterocycles. The summed E-state index contributed by atoms with van der Waals surface area (Å²) in [4.78, 5) is 37.6. The van der Waals surface area contributed by atoms with E-state index in [0.29, 0.717) is 11.3 Å². The molecular weight excluding hydrogens is 428 g/mol. The molecule has 2 unspecified atom stereocenters. The fraction of sp³-hybridized carbons (Fsp3) is 0.292. The predicted octanol–water partition coefficient (Wildman–Crippen LogP) is -0.434. The molecule has 2 amide bonds. The highest BCUT2D eigenvalue weighted by molar-refractivity contribution is 6.10. The summed E-state index contributed by atoms with van der Waals surface area (Å²) in [6.45, 7) is -1.25. The highest BCUT2D eigenvalue weighted by atomic mass is 16.5. The van der Waals surface area contributed by atoms with Gasteiger partial charge in [0.15, 0.2) is 11.8 Å². The van der Waals surface area contributed by atoms with Crippen LogP contribution in [0.4, 0.5) is 0 Å². The van der Waals surface area contributed by atoms with Crippen LogP contribution in [0.5, 0.6) is 5.75 Å². The van der Waals surface area contributed by atoms with Crippen molar-refractivity contribution in [3.05, 3.63) is 65.2 Å². The maximum Gasteiger partial charge on any atom is 0.254 e. The lowest BCUT2D eigenvalue weighted by atomic mass is 10.1. The Morgan fingerprint density at radius 2 is 1.55 bits per heavy atom. The number of carbonyl (C=O) groups excluding carboxylic acids is 3. The molecule has 2 aromatic carbocycles. The van der Waals surface area contributed by atoms with Crippen LogP contribution in [0.3, 0.4) is 0 Å². The third-order valence-electron chi connectivity index (χ3n) is 4.65. The number of aliphatic hydroxyl groups excluding tert-OH is 3. The van der Waals surface area contributed by atoms with E-state index in [2.05, 4.69) is 17.2 Å². The molecule has 0 aliphatic carbocycles. The second-order valence-electron chi connectivity index (χ2n) is 7.06. The van der Waals surface area contributed by atoms with Crippen molar-refractivity contribution in [1.82, 2.24) is 10.2 Å². The normalized spacial score (nSPS) is 12.0. The molecule has 2 aromatic rings. The molecule has 4 N–H and O–H groups in total. The molecule has 0 radical (unpaired) electrons. The van der Waals surface area contributed by atoms with Crippen LogP contribution in [0.25, 0.3) is 0 Å². The zero-order chi connectivity index (χ0) is 24.4. The number of ether oxygens (including phenoxy) is 1. The number of rotatable bonds is 9. The van der Waals surface area contributed by atoms with Crippen LogP contribution in [0.1, 0.15) is 21.5 Å². The minimum atomic E-state index is -1.43. The van der Waals surface area contributed by atoms with E-state index in [-0.39, 0.29) is 18.8 Å². The van der Waals surface area contributed by atoms with Gasteiger partial charge in [-0.2, -0.15) is 0 Å². The van der Waals surface area contributed by atoms with Gasteiger partial charge < -0.3 is 30.3 Å². The number of nitrogens with one attached hydrogen (secondary N) is 1. The molecule has 0 aliphatic rings. The van der Waals surface area contributed by atoms with E-state index in [0.717, 1.165) is 10.5 Å². The van der Waals surface area contributed by atoms with Crippen molar-refractivity contribution in [2.45, 2.75) is 12.1 Å². The standard InChI is InChI=1S/C24H26N2O7/c1-25-23(31)22(21(30)14-28)26(2)24(32)18-9-5-16(6-10-18)3-4-17-7-11-20(12-8-17)33-15-19(29)13-27/h5-12,19,22,27-29H,13-15H2,1-2H3,(H,25,31). The molecular formula is C24H26N2O7. The number of likely N-dealkylation sites (N-methyl/N-ethyl adjacent to an activating group) is 2. The summed E-state index contributed by atoms with van der Waals surface area (Å²) in [5.41, 5.74) is 1.63. The van der Waals surface area contributed by atoms with Gasteiger partial charge in [0, 0.05) is 30.8 Å². The zero-order valence-corrected chi connectivity index (χ0v) is 18.3. The first-order valence-corrected chi connectivity index (χ1v) is 10.1. The van der Waals surface area contributed by atoms with Gasteiger partial charge in [-0.15, -0.1) is 0 Å². The Balaban J connectivity index is 2.07. The zero-order valence-electron chi connectivity index (χ0n) is 18.3. The molecule has 9 nitrogen and oxygen atoms in total. The first-order valence-electron chi connectivity index (χ1n) is 10.1. The Kier molecular flexibility index (Phi) is 9.57. The Hall–Kier alpha value is -3.71. The molecule has 0 spiro atoms. The molecule has 0 heterocycles. The molecule has 2 rings (SSSR count). The number of benzene rings is 2. The number of aliphatic hydroxyl groups is 3. The van der Waals surface area contributed by atoms with Gasteiger partial charge >= 0.3 is 0 Å². The number of Topliss-reactive ketones (excluding diaryl/α,β-unsaturated/α-hetero) is 1. The van der Waals surface area contributed by atoms with Gasteiger partial charge in [0.25, 0.3) is 5.91 Å². The Morgan fingerprint density at radius 3 is 2.03 bits per heavy atom. The highest BCUT2D eigenvalue weighted by Crippen LogP contribution is 2.13. The summed E-state index contributed by atoms with van der Waals surface area (Å²) < 4.78 is 5.34. The summed E-state index contributed by atoms with van der Waals surface area (Å²) in [6.07, 6.45) is -0.941. The summed E-state index contributed by atoms with van der Waals surface area (Å²) in [6, 6.07) is 11.8. The molecule has 0 bridgehead atoms. The van der Waals surface area contributed by atoms with Gasteiger partial charge in [0.2, 0.25) is 5.91 Å². The van der Waals surface area contributed by atoms with Crippen LogP contribution < -0.4 is 10.1 Å². The van der Waals surface area contributed by atoms with Gasteiger partial charge in [-0.05, 0) is 48.5 Å². The van der Waals surface area contributed by atoms with Gasteiger partial charge in [-0.3, -0.25) is 14.4 Å². The number of ketones is 1. The van der Waals surface area contributed by atoms with Crippen molar-refractivity contribution in [2.24, 2.45) is 0 Å². The van der Waals surface area contributed by atoms with E-state index >= 15 is 0 Å². The Labute approximate surface area is 191 Å². The van der Waals surface area contributed by atoms with Crippen molar-refractivity contribution in [3.63, 3.8) is 0 Å². The van der Waals surface area contributed by atoms with E-state index in [1.807, 2.05) is 0 Å². The lowest BCUT2D eigenvalue weighted by Gasteiger charge is -2.25. The number of amides is 2. The molecule has 0 aromatic heterocycles. The van der Waals surface area contributed by atoms with Crippen LogP contribution in [0, 0.1) is 11.8 Å². The largest absolute Gasteiger partial charge is 0.491 e. The summed E-state index contributed by atoms with van der Waals surface area (Å²) >= 11 is 0.